The van der Waals surface area contributed by atoms with E-state index in [9.17, 15) is 0 Å². The monoisotopic (exact) mass is 301 g/mol. The van der Waals surface area contributed by atoms with Crippen molar-refractivity contribution in [2.24, 2.45) is 5.92 Å². The standard InChI is InChI=1S/C13H17BrClN/c1-9(2)11(8-16-3)6-10-4-5-12(14)13(15)7-10/h4-7,9,16H,8H2,1-3H3/b11-6-. The second-order valence-electron chi connectivity index (χ2n) is 4.08. The topological polar surface area (TPSA) is 12.0 Å². The average Bonchev–Trinajstić information content (AvgIpc) is 2.22. The molecule has 0 aliphatic rings. The van der Waals surface area contributed by atoms with Crippen molar-refractivity contribution in [3.05, 3.63) is 38.8 Å². The number of benzene rings is 1. The van der Waals surface area contributed by atoms with E-state index < -0.39 is 0 Å². The highest BCUT2D eigenvalue weighted by Gasteiger charge is 2.03. The first-order valence-electron chi connectivity index (χ1n) is 5.34. The molecule has 0 saturated carbocycles. The maximum atomic E-state index is 6.06. The predicted molar refractivity (Wildman–Crippen MR) is 75.9 cm³/mol. The minimum atomic E-state index is 0.537. The highest BCUT2D eigenvalue weighted by atomic mass is 79.9. The lowest BCUT2D eigenvalue weighted by molar-refractivity contribution is 0.713. The first kappa shape index (κ1) is 13.8. The molecule has 1 rings (SSSR count). The third-order valence-electron chi connectivity index (χ3n) is 2.42. The van der Waals surface area contributed by atoms with Crippen molar-refractivity contribution in [1.29, 1.82) is 0 Å². The fraction of sp³-hybridized carbons (Fsp3) is 0.385. The molecular weight excluding hydrogens is 286 g/mol. The summed E-state index contributed by atoms with van der Waals surface area (Å²) >= 11 is 9.45. The number of hydrogen-bond donors (Lipinski definition) is 1. The van der Waals surface area contributed by atoms with Crippen LogP contribution in [-0.2, 0) is 0 Å². The molecule has 0 atom stereocenters. The molecule has 88 valence electrons. The van der Waals surface area contributed by atoms with Gasteiger partial charge in [0.1, 0.15) is 0 Å². The van der Waals surface area contributed by atoms with Crippen molar-refractivity contribution in [2.75, 3.05) is 13.6 Å². The number of rotatable bonds is 4. The number of nitrogens with one attached hydrogen (secondary N) is 1. The largest absolute Gasteiger partial charge is 0.316 e. The van der Waals surface area contributed by atoms with Gasteiger partial charge in [-0.3, -0.25) is 0 Å². The summed E-state index contributed by atoms with van der Waals surface area (Å²) in [7, 11) is 1.96. The van der Waals surface area contributed by atoms with Crippen LogP contribution in [0.4, 0.5) is 0 Å². The van der Waals surface area contributed by atoms with Gasteiger partial charge < -0.3 is 5.32 Å². The minimum Gasteiger partial charge on any atom is -0.316 e. The van der Waals surface area contributed by atoms with Crippen LogP contribution in [0, 0.1) is 5.92 Å². The fourth-order valence-corrected chi connectivity index (χ4v) is 1.88. The van der Waals surface area contributed by atoms with Gasteiger partial charge in [0.15, 0.2) is 0 Å². The van der Waals surface area contributed by atoms with E-state index in [2.05, 4.69) is 47.2 Å². The highest BCUT2D eigenvalue weighted by molar-refractivity contribution is 9.10. The van der Waals surface area contributed by atoms with E-state index in [1.807, 2.05) is 19.2 Å². The van der Waals surface area contributed by atoms with Gasteiger partial charge in [0.2, 0.25) is 0 Å². The molecule has 0 fully saturated rings. The molecule has 0 amide bonds. The lowest BCUT2D eigenvalue weighted by Crippen LogP contribution is -2.13. The van der Waals surface area contributed by atoms with E-state index >= 15 is 0 Å². The van der Waals surface area contributed by atoms with Gasteiger partial charge in [-0.2, -0.15) is 0 Å². The Kier molecular flexibility index (Phi) is 5.53. The first-order chi connectivity index (χ1) is 7.54. The van der Waals surface area contributed by atoms with E-state index in [0.717, 1.165) is 21.6 Å². The third kappa shape index (κ3) is 3.93. The summed E-state index contributed by atoms with van der Waals surface area (Å²) in [6, 6.07) is 6.02. The predicted octanol–water partition coefficient (Wildman–Crippen LogP) is 4.36. The molecule has 0 aromatic heterocycles. The Morgan fingerprint density at radius 1 is 1.50 bits per heavy atom. The van der Waals surface area contributed by atoms with Crippen LogP contribution in [0.5, 0.6) is 0 Å². The van der Waals surface area contributed by atoms with Crippen molar-refractivity contribution >= 4 is 33.6 Å². The molecule has 0 heterocycles. The van der Waals surface area contributed by atoms with Crippen molar-refractivity contribution in [1.82, 2.24) is 5.32 Å². The van der Waals surface area contributed by atoms with Crippen LogP contribution in [0.25, 0.3) is 6.08 Å². The van der Waals surface area contributed by atoms with Crippen molar-refractivity contribution in [3.63, 3.8) is 0 Å². The average molecular weight is 303 g/mol. The molecule has 1 aromatic carbocycles. The summed E-state index contributed by atoms with van der Waals surface area (Å²) in [6.07, 6.45) is 2.19. The summed E-state index contributed by atoms with van der Waals surface area (Å²) in [4.78, 5) is 0. The van der Waals surface area contributed by atoms with Crippen LogP contribution in [0.2, 0.25) is 5.02 Å². The Morgan fingerprint density at radius 2 is 2.19 bits per heavy atom. The number of likely N-dealkylation sites (N-methyl/N-ethyl adjacent to an activating group) is 1. The van der Waals surface area contributed by atoms with Crippen molar-refractivity contribution in [2.45, 2.75) is 13.8 Å². The molecule has 1 N–H and O–H groups in total. The number of hydrogen-bond acceptors (Lipinski definition) is 1. The van der Waals surface area contributed by atoms with Crippen LogP contribution in [0.3, 0.4) is 0 Å². The summed E-state index contributed by atoms with van der Waals surface area (Å²) in [5.41, 5.74) is 2.52. The first-order valence-corrected chi connectivity index (χ1v) is 6.51. The van der Waals surface area contributed by atoms with Gasteiger partial charge in [0.05, 0.1) is 5.02 Å². The van der Waals surface area contributed by atoms with Gasteiger partial charge >= 0.3 is 0 Å². The zero-order chi connectivity index (χ0) is 12.1. The van der Waals surface area contributed by atoms with Crippen molar-refractivity contribution in [3.8, 4) is 0 Å². The van der Waals surface area contributed by atoms with Crippen molar-refractivity contribution < 1.29 is 0 Å². The van der Waals surface area contributed by atoms with Gasteiger partial charge in [0.25, 0.3) is 0 Å². The maximum Gasteiger partial charge on any atom is 0.0554 e. The Bertz CT molecular complexity index is 386. The second-order valence-corrected chi connectivity index (χ2v) is 5.34. The molecular formula is C13H17BrClN. The van der Waals surface area contributed by atoms with E-state index in [0.29, 0.717) is 5.92 Å². The summed E-state index contributed by atoms with van der Waals surface area (Å²) in [5.74, 6) is 0.537. The van der Waals surface area contributed by atoms with Gasteiger partial charge in [-0.05, 0) is 46.6 Å². The summed E-state index contributed by atoms with van der Waals surface area (Å²) in [6.45, 7) is 5.30. The van der Waals surface area contributed by atoms with E-state index in [4.69, 9.17) is 11.6 Å². The van der Waals surface area contributed by atoms with Gasteiger partial charge in [-0.15, -0.1) is 0 Å². The summed E-state index contributed by atoms with van der Waals surface area (Å²) < 4.78 is 0.936. The Morgan fingerprint density at radius 3 is 2.69 bits per heavy atom. The molecule has 0 radical (unpaired) electrons. The Hall–Kier alpha value is -0.310. The molecule has 16 heavy (non-hydrogen) atoms. The quantitative estimate of drug-likeness (QED) is 0.871. The van der Waals surface area contributed by atoms with Gasteiger partial charge in [0, 0.05) is 11.0 Å². The molecule has 1 nitrogen and oxygen atoms in total. The molecule has 0 aliphatic heterocycles. The molecule has 0 unspecified atom stereocenters. The van der Waals surface area contributed by atoms with E-state index in [-0.39, 0.29) is 0 Å². The van der Waals surface area contributed by atoms with Crippen LogP contribution in [0.15, 0.2) is 28.2 Å². The van der Waals surface area contributed by atoms with Crippen LogP contribution in [-0.4, -0.2) is 13.6 Å². The maximum absolute atomic E-state index is 6.06. The fourth-order valence-electron chi connectivity index (χ4n) is 1.44. The molecule has 0 spiro atoms. The molecule has 0 aliphatic carbocycles. The molecule has 1 aromatic rings. The Labute approximate surface area is 111 Å². The van der Waals surface area contributed by atoms with E-state index in [1.54, 1.807) is 0 Å². The zero-order valence-corrected chi connectivity index (χ0v) is 12.2. The van der Waals surface area contributed by atoms with Crippen LogP contribution >= 0.6 is 27.5 Å². The minimum absolute atomic E-state index is 0.537. The summed E-state index contributed by atoms with van der Waals surface area (Å²) in [5, 5.41) is 3.94. The van der Waals surface area contributed by atoms with Gasteiger partial charge in [-0.1, -0.05) is 43.2 Å². The molecule has 0 saturated heterocycles. The van der Waals surface area contributed by atoms with Gasteiger partial charge in [-0.25, -0.2) is 0 Å². The molecule has 0 bridgehead atoms. The smallest absolute Gasteiger partial charge is 0.0554 e. The van der Waals surface area contributed by atoms with E-state index in [1.165, 1.54) is 5.57 Å². The SMILES string of the molecule is CNC/C(=C/c1ccc(Br)c(Cl)c1)C(C)C. The normalized spacial score (nSPS) is 12.2. The lowest BCUT2D eigenvalue weighted by Gasteiger charge is -2.11. The van der Waals surface area contributed by atoms with Crippen LogP contribution in [0.1, 0.15) is 19.4 Å². The Balaban J connectivity index is 2.98. The highest BCUT2D eigenvalue weighted by Crippen LogP contribution is 2.25. The van der Waals surface area contributed by atoms with Crippen LogP contribution < -0.4 is 5.32 Å². The second kappa shape index (κ2) is 6.43. The lowest BCUT2D eigenvalue weighted by atomic mass is 10.0. The zero-order valence-electron chi connectivity index (χ0n) is 9.85. The third-order valence-corrected chi connectivity index (χ3v) is 3.65. The molecule has 3 heteroatoms. The number of halogens is 2.